The van der Waals surface area contributed by atoms with Gasteiger partial charge in [-0.3, -0.25) is 4.79 Å². The number of rotatable bonds is 7. The molecule has 0 fully saturated rings. The van der Waals surface area contributed by atoms with Crippen molar-refractivity contribution < 1.29 is 14.3 Å². The van der Waals surface area contributed by atoms with Gasteiger partial charge in [-0.15, -0.1) is 6.42 Å². The predicted octanol–water partition coefficient (Wildman–Crippen LogP) is 4.26. The highest BCUT2D eigenvalue weighted by molar-refractivity contribution is 6.09. The van der Waals surface area contributed by atoms with Gasteiger partial charge in [0, 0.05) is 5.69 Å². The number of amides is 1. The van der Waals surface area contributed by atoms with E-state index in [2.05, 4.69) is 11.2 Å². The largest absolute Gasteiger partial charge is 0.490 e. The van der Waals surface area contributed by atoms with E-state index in [4.69, 9.17) is 15.9 Å². The number of hydrogen-bond donors (Lipinski definition) is 1. The second-order valence-electron chi connectivity index (χ2n) is 6.05. The number of ether oxygens (including phenoxy) is 2. The number of nitriles is 1. The first-order chi connectivity index (χ1) is 13.5. The van der Waals surface area contributed by atoms with Crippen LogP contribution in [0, 0.1) is 37.5 Å². The zero-order valence-corrected chi connectivity index (χ0v) is 16.2. The van der Waals surface area contributed by atoms with E-state index < -0.39 is 5.91 Å². The lowest BCUT2D eigenvalue weighted by atomic mass is 10.1. The zero-order chi connectivity index (χ0) is 20.5. The molecule has 0 aliphatic carbocycles. The molecule has 0 aliphatic rings. The molecule has 0 aromatic heterocycles. The fourth-order valence-electron chi connectivity index (χ4n) is 2.45. The molecule has 0 atom stereocenters. The third kappa shape index (κ3) is 5.40. The van der Waals surface area contributed by atoms with Gasteiger partial charge < -0.3 is 14.8 Å². The van der Waals surface area contributed by atoms with E-state index in [1.807, 2.05) is 39.0 Å². The Bertz CT molecular complexity index is 978. The molecule has 2 aromatic rings. The van der Waals surface area contributed by atoms with Crippen molar-refractivity contribution in [2.24, 2.45) is 0 Å². The molecule has 0 radical (unpaired) electrons. The number of carbonyl (C=O) groups is 1. The van der Waals surface area contributed by atoms with Crippen LogP contribution in [0.3, 0.4) is 0 Å². The lowest BCUT2D eigenvalue weighted by Gasteiger charge is -2.11. The van der Waals surface area contributed by atoms with Gasteiger partial charge in [0.05, 0.1) is 6.61 Å². The maximum absolute atomic E-state index is 12.5. The van der Waals surface area contributed by atoms with Crippen molar-refractivity contribution in [1.82, 2.24) is 0 Å². The van der Waals surface area contributed by atoms with Crippen LogP contribution in [0.1, 0.15) is 23.6 Å². The van der Waals surface area contributed by atoms with Gasteiger partial charge in [0.2, 0.25) is 0 Å². The molecule has 28 heavy (non-hydrogen) atoms. The molecule has 2 aromatic carbocycles. The number of hydrogen-bond acceptors (Lipinski definition) is 4. The van der Waals surface area contributed by atoms with Gasteiger partial charge in [-0.25, -0.2) is 0 Å². The summed E-state index contributed by atoms with van der Waals surface area (Å²) in [7, 11) is 0. The summed E-state index contributed by atoms with van der Waals surface area (Å²) in [6.45, 7) is 6.37. The molecule has 2 rings (SSSR count). The standard InChI is InChI=1S/C23H22N2O3/c1-5-11-28-21-10-8-18(14-22(21)27-6-2)13-19(15-24)23(26)25-20-9-7-16(3)17(4)12-20/h1,7-10,12-14H,6,11H2,2-4H3,(H,25,26)/b19-13+. The van der Waals surface area contributed by atoms with Crippen LogP contribution in [0.2, 0.25) is 0 Å². The molecule has 0 spiro atoms. The van der Waals surface area contributed by atoms with Gasteiger partial charge >= 0.3 is 0 Å². The van der Waals surface area contributed by atoms with E-state index in [0.717, 1.165) is 11.1 Å². The van der Waals surface area contributed by atoms with Crippen LogP contribution in [0.15, 0.2) is 42.0 Å². The van der Waals surface area contributed by atoms with Crippen molar-refractivity contribution in [2.45, 2.75) is 20.8 Å². The van der Waals surface area contributed by atoms with Gasteiger partial charge in [-0.2, -0.15) is 5.26 Å². The van der Waals surface area contributed by atoms with E-state index in [-0.39, 0.29) is 12.2 Å². The molecular formula is C23H22N2O3. The Kier molecular flexibility index (Phi) is 7.25. The molecule has 0 heterocycles. The van der Waals surface area contributed by atoms with E-state index >= 15 is 0 Å². The smallest absolute Gasteiger partial charge is 0.266 e. The number of anilines is 1. The van der Waals surface area contributed by atoms with Crippen molar-refractivity contribution in [3.8, 4) is 29.9 Å². The Morgan fingerprint density at radius 1 is 1.14 bits per heavy atom. The van der Waals surface area contributed by atoms with Crippen LogP contribution >= 0.6 is 0 Å². The summed E-state index contributed by atoms with van der Waals surface area (Å²) < 4.78 is 11.0. The maximum Gasteiger partial charge on any atom is 0.266 e. The first-order valence-corrected chi connectivity index (χ1v) is 8.82. The Balaban J connectivity index is 2.26. The van der Waals surface area contributed by atoms with Crippen LogP contribution in [0.25, 0.3) is 6.08 Å². The first kappa shape index (κ1) is 20.6. The Labute approximate surface area is 165 Å². The first-order valence-electron chi connectivity index (χ1n) is 8.82. The maximum atomic E-state index is 12.5. The van der Waals surface area contributed by atoms with E-state index in [0.29, 0.717) is 29.4 Å². The SMILES string of the molecule is C#CCOc1ccc(/C=C(\C#N)C(=O)Nc2ccc(C)c(C)c2)cc1OCC. The molecular weight excluding hydrogens is 352 g/mol. The monoisotopic (exact) mass is 374 g/mol. The number of nitrogens with one attached hydrogen (secondary N) is 1. The molecule has 0 unspecified atom stereocenters. The number of terminal acetylenes is 1. The van der Waals surface area contributed by atoms with Crippen molar-refractivity contribution in [3.63, 3.8) is 0 Å². The quantitative estimate of drug-likeness (QED) is 0.447. The molecule has 5 nitrogen and oxygen atoms in total. The third-order valence-corrected chi connectivity index (χ3v) is 4.02. The van der Waals surface area contributed by atoms with Gasteiger partial charge in [-0.05, 0) is 67.8 Å². The van der Waals surface area contributed by atoms with Crippen molar-refractivity contribution >= 4 is 17.7 Å². The molecule has 5 heteroatoms. The summed E-state index contributed by atoms with van der Waals surface area (Å²) in [6, 6.07) is 12.7. The molecule has 0 saturated carbocycles. The molecule has 0 aliphatic heterocycles. The molecule has 1 amide bonds. The lowest BCUT2D eigenvalue weighted by Crippen LogP contribution is -2.13. The van der Waals surface area contributed by atoms with E-state index in [1.54, 1.807) is 24.3 Å². The predicted molar refractivity (Wildman–Crippen MR) is 110 cm³/mol. The van der Waals surface area contributed by atoms with Gasteiger partial charge in [-0.1, -0.05) is 18.1 Å². The summed E-state index contributed by atoms with van der Waals surface area (Å²) in [4.78, 5) is 12.5. The summed E-state index contributed by atoms with van der Waals surface area (Å²) in [5.74, 6) is 2.93. The fraction of sp³-hybridized carbons (Fsp3) is 0.217. The van der Waals surface area contributed by atoms with E-state index in [9.17, 15) is 10.1 Å². The van der Waals surface area contributed by atoms with Crippen LogP contribution in [0.5, 0.6) is 11.5 Å². The van der Waals surface area contributed by atoms with Gasteiger partial charge in [0.1, 0.15) is 18.2 Å². The van der Waals surface area contributed by atoms with Crippen LogP contribution in [0.4, 0.5) is 5.69 Å². The summed E-state index contributed by atoms with van der Waals surface area (Å²) in [5, 5.41) is 12.2. The minimum absolute atomic E-state index is 0.0158. The lowest BCUT2D eigenvalue weighted by molar-refractivity contribution is -0.112. The molecule has 142 valence electrons. The summed E-state index contributed by atoms with van der Waals surface area (Å²) in [5.41, 5.74) is 3.46. The van der Waals surface area contributed by atoms with Crippen LogP contribution in [-0.2, 0) is 4.79 Å². The molecule has 0 saturated heterocycles. The highest BCUT2D eigenvalue weighted by Gasteiger charge is 2.12. The number of benzene rings is 2. The van der Waals surface area contributed by atoms with Crippen molar-refractivity contribution in [2.75, 3.05) is 18.5 Å². The minimum atomic E-state index is -0.476. The van der Waals surface area contributed by atoms with Gasteiger partial charge in [0.25, 0.3) is 5.91 Å². The number of nitrogens with zero attached hydrogens (tertiary/aromatic N) is 1. The second kappa shape index (κ2) is 9.85. The van der Waals surface area contributed by atoms with Crippen LogP contribution < -0.4 is 14.8 Å². The average Bonchev–Trinajstić information content (AvgIpc) is 2.68. The number of carbonyl (C=O) groups excluding carboxylic acids is 1. The summed E-state index contributed by atoms with van der Waals surface area (Å²) in [6.07, 6.45) is 6.73. The van der Waals surface area contributed by atoms with Crippen molar-refractivity contribution in [3.05, 3.63) is 58.7 Å². The highest BCUT2D eigenvalue weighted by atomic mass is 16.5. The topological polar surface area (TPSA) is 71.3 Å². The average molecular weight is 374 g/mol. The normalized spacial score (nSPS) is 10.5. The fourth-order valence-corrected chi connectivity index (χ4v) is 2.45. The third-order valence-electron chi connectivity index (χ3n) is 4.02. The molecule has 1 N–H and O–H groups in total. The van der Waals surface area contributed by atoms with Crippen molar-refractivity contribution in [1.29, 1.82) is 5.26 Å². The highest BCUT2D eigenvalue weighted by Crippen LogP contribution is 2.29. The van der Waals surface area contributed by atoms with Gasteiger partial charge in [0.15, 0.2) is 11.5 Å². The van der Waals surface area contributed by atoms with E-state index in [1.165, 1.54) is 6.08 Å². The Morgan fingerprint density at radius 3 is 2.57 bits per heavy atom. The second-order valence-corrected chi connectivity index (χ2v) is 6.05. The minimum Gasteiger partial charge on any atom is -0.490 e. The summed E-state index contributed by atoms with van der Waals surface area (Å²) >= 11 is 0. The Morgan fingerprint density at radius 2 is 1.93 bits per heavy atom. The molecule has 0 bridgehead atoms. The number of aryl methyl sites for hydroxylation is 2. The van der Waals surface area contributed by atoms with Crippen LogP contribution in [-0.4, -0.2) is 19.1 Å². The Hall–Kier alpha value is -3.70. The zero-order valence-electron chi connectivity index (χ0n) is 16.2.